The quantitative estimate of drug-likeness (QED) is 0.778. The number of carboxylic acids is 1. The summed E-state index contributed by atoms with van der Waals surface area (Å²) in [6.07, 6.45) is 3.28. The summed E-state index contributed by atoms with van der Waals surface area (Å²) in [4.78, 5) is 10.6. The Hall–Kier alpha value is -1.41. The van der Waals surface area contributed by atoms with Crippen LogP contribution < -0.4 is 0 Å². The SMILES string of the molecule is CCCN(C(C)C)S(=O)(=O)c1cnn(CCC(=O)O)c1. The number of sulfonamides is 1. The number of hydrogen-bond acceptors (Lipinski definition) is 4. The maximum absolute atomic E-state index is 12.5. The van der Waals surface area contributed by atoms with Crippen LogP contribution in [0, 0.1) is 0 Å². The molecule has 0 aliphatic rings. The Kier molecular flexibility index (Phi) is 5.70. The summed E-state index contributed by atoms with van der Waals surface area (Å²) < 4.78 is 27.7. The summed E-state index contributed by atoms with van der Waals surface area (Å²) in [7, 11) is -3.58. The van der Waals surface area contributed by atoms with Crippen LogP contribution in [0.25, 0.3) is 0 Å². The Morgan fingerprint density at radius 2 is 2.15 bits per heavy atom. The van der Waals surface area contributed by atoms with Crippen LogP contribution in [0.2, 0.25) is 0 Å². The maximum Gasteiger partial charge on any atom is 0.305 e. The molecule has 7 nitrogen and oxygen atoms in total. The molecule has 0 aliphatic carbocycles. The summed E-state index contributed by atoms with van der Waals surface area (Å²) in [5, 5.41) is 12.5. The zero-order chi connectivity index (χ0) is 15.3. The standard InChI is InChI=1S/C12H21N3O4S/c1-4-6-15(10(2)3)20(18,19)11-8-13-14(9-11)7-5-12(16)17/h8-10H,4-7H2,1-3H3,(H,16,17). The number of hydrogen-bond donors (Lipinski definition) is 1. The normalized spacial score (nSPS) is 12.2. The van der Waals surface area contributed by atoms with Gasteiger partial charge in [0.25, 0.3) is 0 Å². The molecule has 0 amide bonds. The van der Waals surface area contributed by atoms with Crippen LogP contribution in [0.1, 0.15) is 33.6 Å². The predicted molar refractivity (Wildman–Crippen MR) is 73.8 cm³/mol. The van der Waals surface area contributed by atoms with E-state index in [4.69, 9.17) is 5.11 Å². The van der Waals surface area contributed by atoms with Gasteiger partial charge < -0.3 is 5.11 Å². The Labute approximate surface area is 119 Å². The van der Waals surface area contributed by atoms with E-state index in [1.807, 2.05) is 20.8 Å². The zero-order valence-corrected chi connectivity index (χ0v) is 12.8. The number of carbonyl (C=O) groups is 1. The van der Waals surface area contributed by atoms with Crippen molar-refractivity contribution in [2.24, 2.45) is 0 Å². The van der Waals surface area contributed by atoms with Crippen molar-refractivity contribution in [2.45, 2.75) is 51.1 Å². The van der Waals surface area contributed by atoms with Gasteiger partial charge in [-0.25, -0.2) is 8.42 Å². The molecule has 0 radical (unpaired) electrons. The van der Waals surface area contributed by atoms with Gasteiger partial charge in [0.05, 0.1) is 19.2 Å². The highest BCUT2D eigenvalue weighted by molar-refractivity contribution is 7.89. The summed E-state index contributed by atoms with van der Waals surface area (Å²) in [6, 6.07) is -0.137. The van der Waals surface area contributed by atoms with E-state index < -0.39 is 16.0 Å². The van der Waals surface area contributed by atoms with E-state index in [1.165, 1.54) is 21.4 Å². The van der Waals surface area contributed by atoms with Crippen LogP contribution in [0.4, 0.5) is 0 Å². The molecule has 0 aliphatic heterocycles. The smallest absolute Gasteiger partial charge is 0.305 e. The Morgan fingerprint density at radius 3 is 2.65 bits per heavy atom. The Morgan fingerprint density at radius 1 is 1.50 bits per heavy atom. The number of rotatable bonds is 8. The maximum atomic E-state index is 12.5. The predicted octanol–water partition coefficient (Wildman–Crippen LogP) is 1.17. The van der Waals surface area contributed by atoms with Crippen LogP contribution >= 0.6 is 0 Å². The Balaban J connectivity index is 2.94. The molecule has 1 N–H and O–H groups in total. The van der Waals surface area contributed by atoms with Crippen LogP contribution in [0.5, 0.6) is 0 Å². The van der Waals surface area contributed by atoms with Crippen molar-refractivity contribution < 1.29 is 18.3 Å². The van der Waals surface area contributed by atoms with Gasteiger partial charge in [0.2, 0.25) is 10.0 Å². The third kappa shape index (κ3) is 4.04. The molecule has 114 valence electrons. The second kappa shape index (κ2) is 6.85. The fraction of sp³-hybridized carbons (Fsp3) is 0.667. The van der Waals surface area contributed by atoms with Crippen molar-refractivity contribution in [3.63, 3.8) is 0 Å². The van der Waals surface area contributed by atoms with Crippen molar-refractivity contribution in [1.29, 1.82) is 0 Å². The third-order valence-corrected chi connectivity index (χ3v) is 4.82. The van der Waals surface area contributed by atoms with Gasteiger partial charge in [-0.05, 0) is 20.3 Å². The van der Waals surface area contributed by atoms with Crippen LogP contribution in [-0.2, 0) is 21.4 Å². The van der Waals surface area contributed by atoms with E-state index in [2.05, 4.69) is 5.10 Å². The van der Waals surface area contributed by atoms with Crippen LogP contribution in [0.3, 0.4) is 0 Å². The molecule has 0 aromatic carbocycles. The molecule has 0 saturated carbocycles. The van der Waals surface area contributed by atoms with Gasteiger partial charge in [0, 0.05) is 18.8 Å². The second-order valence-corrected chi connectivity index (χ2v) is 6.68. The monoisotopic (exact) mass is 303 g/mol. The van der Waals surface area contributed by atoms with Crippen molar-refractivity contribution >= 4 is 16.0 Å². The number of aryl methyl sites for hydroxylation is 1. The topological polar surface area (TPSA) is 92.5 Å². The van der Waals surface area contributed by atoms with Crippen molar-refractivity contribution in [2.75, 3.05) is 6.54 Å². The molecule has 1 aromatic heterocycles. The molecule has 1 heterocycles. The first-order valence-corrected chi connectivity index (χ1v) is 7.99. The molecule has 1 rings (SSSR count). The van der Waals surface area contributed by atoms with Gasteiger partial charge in [-0.2, -0.15) is 9.40 Å². The van der Waals surface area contributed by atoms with E-state index >= 15 is 0 Å². The summed E-state index contributed by atoms with van der Waals surface area (Å²) in [6.45, 7) is 6.16. The lowest BCUT2D eigenvalue weighted by molar-refractivity contribution is -0.137. The molecule has 0 bridgehead atoms. The van der Waals surface area contributed by atoms with Crippen molar-refractivity contribution in [1.82, 2.24) is 14.1 Å². The molecular weight excluding hydrogens is 282 g/mol. The summed E-state index contributed by atoms with van der Waals surface area (Å²) in [5.74, 6) is -0.945. The molecule has 8 heteroatoms. The largest absolute Gasteiger partial charge is 0.481 e. The molecule has 1 aromatic rings. The lowest BCUT2D eigenvalue weighted by atomic mass is 10.4. The van der Waals surface area contributed by atoms with Crippen LogP contribution in [-0.4, -0.2) is 46.2 Å². The van der Waals surface area contributed by atoms with Gasteiger partial charge in [-0.3, -0.25) is 9.48 Å². The minimum atomic E-state index is -3.58. The van der Waals surface area contributed by atoms with Gasteiger partial charge in [0.1, 0.15) is 4.90 Å². The molecule has 0 unspecified atom stereocenters. The van der Waals surface area contributed by atoms with Crippen LogP contribution in [0.15, 0.2) is 17.3 Å². The first-order chi connectivity index (χ1) is 9.28. The van der Waals surface area contributed by atoms with Gasteiger partial charge >= 0.3 is 5.97 Å². The highest BCUT2D eigenvalue weighted by atomic mass is 32.2. The minimum absolute atomic E-state index is 0.0932. The second-order valence-electron chi connectivity index (χ2n) is 4.79. The molecule has 0 atom stereocenters. The lowest BCUT2D eigenvalue weighted by Gasteiger charge is -2.24. The van der Waals surface area contributed by atoms with E-state index in [-0.39, 0.29) is 23.9 Å². The van der Waals surface area contributed by atoms with Gasteiger partial charge in [-0.1, -0.05) is 6.92 Å². The lowest BCUT2D eigenvalue weighted by Crippen LogP contribution is -2.37. The zero-order valence-electron chi connectivity index (χ0n) is 12.0. The minimum Gasteiger partial charge on any atom is -0.481 e. The Bertz CT molecular complexity index is 551. The third-order valence-electron chi connectivity index (χ3n) is 2.79. The van der Waals surface area contributed by atoms with E-state index in [0.717, 1.165) is 6.42 Å². The molecular formula is C12H21N3O4S. The molecule has 0 saturated heterocycles. The molecule has 20 heavy (non-hydrogen) atoms. The highest BCUT2D eigenvalue weighted by Gasteiger charge is 2.27. The number of carboxylic acid groups (broad SMARTS) is 1. The summed E-state index contributed by atoms with van der Waals surface area (Å²) >= 11 is 0. The number of aliphatic carboxylic acids is 1. The fourth-order valence-corrected chi connectivity index (χ4v) is 3.51. The average Bonchev–Trinajstić information content (AvgIpc) is 2.82. The van der Waals surface area contributed by atoms with Gasteiger partial charge in [0.15, 0.2) is 0 Å². The van der Waals surface area contributed by atoms with E-state index in [9.17, 15) is 13.2 Å². The molecule has 0 spiro atoms. The highest BCUT2D eigenvalue weighted by Crippen LogP contribution is 2.18. The number of nitrogens with zero attached hydrogens (tertiary/aromatic N) is 3. The average molecular weight is 303 g/mol. The first-order valence-electron chi connectivity index (χ1n) is 6.55. The van der Waals surface area contributed by atoms with E-state index in [0.29, 0.717) is 6.54 Å². The number of aromatic nitrogens is 2. The van der Waals surface area contributed by atoms with Crippen molar-refractivity contribution in [3.8, 4) is 0 Å². The first kappa shape index (κ1) is 16.6. The van der Waals surface area contributed by atoms with E-state index in [1.54, 1.807) is 0 Å². The fourth-order valence-electron chi connectivity index (χ4n) is 1.82. The summed E-state index contributed by atoms with van der Waals surface area (Å²) in [5.41, 5.74) is 0. The molecule has 0 fully saturated rings. The van der Waals surface area contributed by atoms with Gasteiger partial charge in [-0.15, -0.1) is 0 Å². The van der Waals surface area contributed by atoms with Crippen molar-refractivity contribution in [3.05, 3.63) is 12.4 Å².